The van der Waals surface area contributed by atoms with Crippen molar-refractivity contribution < 1.29 is 18.8 Å². The second-order valence-electron chi connectivity index (χ2n) is 3.80. The van der Waals surface area contributed by atoms with Crippen molar-refractivity contribution in [3.05, 3.63) is 34.1 Å². The van der Waals surface area contributed by atoms with E-state index in [0.29, 0.717) is 0 Å². The second-order valence-corrected chi connectivity index (χ2v) is 3.80. The zero-order chi connectivity index (χ0) is 13.1. The lowest BCUT2D eigenvalue weighted by atomic mass is 10.1. The third-order valence-corrected chi connectivity index (χ3v) is 2.59. The van der Waals surface area contributed by atoms with E-state index in [4.69, 9.17) is 14.7 Å². The van der Waals surface area contributed by atoms with Crippen LogP contribution in [0.1, 0.15) is 0 Å². The number of hydrogen-bond acceptors (Lipinski definition) is 5. The van der Waals surface area contributed by atoms with E-state index < -0.39 is 22.8 Å². The van der Waals surface area contributed by atoms with Gasteiger partial charge in [-0.3, -0.25) is 10.1 Å². The lowest BCUT2D eigenvalue weighted by Crippen LogP contribution is -2.24. The van der Waals surface area contributed by atoms with Crippen molar-refractivity contribution in [3.63, 3.8) is 0 Å². The second kappa shape index (κ2) is 4.98. The summed E-state index contributed by atoms with van der Waals surface area (Å²) in [7, 11) is 0. The molecule has 0 amide bonds. The third kappa shape index (κ3) is 2.38. The van der Waals surface area contributed by atoms with Crippen molar-refractivity contribution in [2.24, 2.45) is 5.92 Å². The zero-order valence-electron chi connectivity index (χ0n) is 9.21. The van der Waals surface area contributed by atoms with Crippen molar-refractivity contribution in [3.8, 4) is 11.8 Å². The molecule has 1 aliphatic rings. The van der Waals surface area contributed by atoms with Gasteiger partial charge >= 0.3 is 5.69 Å². The summed E-state index contributed by atoms with van der Waals surface area (Å²) < 4.78 is 23.4. The van der Waals surface area contributed by atoms with Gasteiger partial charge in [-0.15, -0.1) is 0 Å². The van der Waals surface area contributed by atoms with Gasteiger partial charge in [0.1, 0.15) is 17.8 Å². The van der Waals surface area contributed by atoms with Crippen LogP contribution in [-0.4, -0.2) is 24.2 Å². The molecular formula is C11H9FN2O4. The molecule has 1 fully saturated rings. The highest BCUT2D eigenvalue weighted by atomic mass is 19.1. The molecule has 0 bridgehead atoms. The van der Waals surface area contributed by atoms with Crippen molar-refractivity contribution in [1.29, 1.82) is 5.26 Å². The van der Waals surface area contributed by atoms with Crippen LogP contribution in [0.4, 0.5) is 10.1 Å². The molecule has 0 N–H and O–H groups in total. The first kappa shape index (κ1) is 12.3. The number of rotatable bonds is 3. The fourth-order valence-corrected chi connectivity index (χ4v) is 1.67. The maximum Gasteiger partial charge on any atom is 0.311 e. The normalized spacial score (nSPS) is 22.4. The van der Waals surface area contributed by atoms with E-state index in [1.54, 1.807) is 0 Å². The van der Waals surface area contributed by atoms with Gasteiger partial charge in [0.05, 0.1) is 24.2 Å². The average Bonchev–Trinajstić information content (AvgIpc) is 2.76. The number of ether oxygens (including phenoxy) is 2. The minimum absolute atomic E-state index is 0.159. The number of nitro groups is 1. The number of nitro benzene ring substituents is 1. The minimum Gasteiger partial charge on any atom is -0.479 e. The minimum atomic E-state index is -0.661. The topological polar surface area (TPSA) is 85.4 Å². The van der Waals surface area contributed by atoms with Crippen LogP contribution in [0, 0.1) is 33.2 Å². The highest BCUT2D eigenvalue weighted by Gasteiger charge is 2.32. The largest absolute Gasteiger partial charge is 0.479 e. The number of nitriles is 1. The fourth-order valence-electron chi connectivity index (χ4n) is 1.67. The lowest BCUT2D eigenvalue weighted by Gasteiger charge is -2.14. The van der Waals surface area contributed by atoms with E-state index in [9.17, 15) is 14.5 Å². The van der Waals surface area contributed by atoms with E-state index >= 15 is 0 Å². The Bertz CT molecular complexity index is 514. The summed E-state index contributed by atoms with van der Waals surface area (Å²) in [5, 5.41) is 19.6. The first-order valence-corrected chi connectivity index (χ1v) is 5.20. The third-order valence-electron chi connectivity index (χ3n) is 2.59. The van der Waals surface area contributed by atoms with Crippen LogP contribution in [0.2, 0.25) is 0 Å². The molecule has 0 radical (unpaired) electrons. The molecule has 0 aliphatic carbocycles. The molecule has 94 valence electrons. The van der Waals surface area contributed by atoms with Crippen molar-refractivity contribution >= 4 is 5.69 Å². The highest BCUT2D eigenvalue weighted by Crippen LogP contribution is 2.30. The monoisotopic (exact) mass is 252 g/mol. The summed E-state index contributed by atoms with van der Waals surface area (Å²) in [4.78, 5) is 10.1. The summed E-state index contributed by atoms with van der Waals surface area (Å²) in [6, 6.07) is 4.93. The van der Waals surface area contributed by atoms with Crippen LogP contribution in [0.15, 0.2) is 18.2 Å². The van der Waals surface area contributed by atoms with Crippen molar-refractivity contribution in [2.75, 3.05) is 13.2 Å². The Morgan fingerprint density at radius 1 is 1.56 bits per heavy atom. The fraction of sp³-hybridized carbons (Fsp3) is 0.364. The SMILES string of the molecule is N#C[C@H]1COC[C@@H]1Oc1cc(F)ccc1[N+](=O)[O-]. The predicted octanol–water partition coefficient (Wildman–Crippen LogP) is 1.65. The van der Waals surface area contributed by atoms with Crippen LogP contribution < -0.4 is 4.74 Å². The number of halogens is 1. The Hall–Kier alpha value is -2.20. The molecule has 0 aromatic heterocycles. The number of hydrogen-bond donors (Lipinski definition) is 0. The van der Waals surface area contributed by atoms with Crippen molar-refractivity contribution in [2.45, 2.75) is 6.10 Å². The molecule has 2 rings (SSSR count). The number of nitrogens with zero attached hydrogens (tertiary/aromatic N) is 2. The van der Waals surface area contributed by atoms with Crippen LogP contribution in [0.5, 0.6) is 5.75 Å². The van der Waals surface area contributed by atoms with E-state index in [-0.39, 0.29) is 24.7 Å². The molecule has 0 spiro atoms. The van der Waals surface area contributed by atoms with Gasteiger partial charge in [-0.05, 0) is 6.07 Å². The van der Waals surface area contributed by atoms with E-state index in [2.05, 4.69) is 0 Å². The molecule has 7 heteroatoms. The molecule has 1 saturated heterocycles. The molecular weight excluding hydrogens is 243 g/mol. The van der Waals surface area contributed by atoms with Crippen molar-refractivity contribution in [1.82, 2.24) is 0 Å². The summed E-state index contributed by atoms with van der Waals surface area (Å²) in [5.41, 5.74) is -0.333. The Labute approximate surface area is 102 Å². The molecule has 1 aromatic carbocycles. The quantitative estimate of drug-likeness (QED) is 0.603. The summed E-state index contributed by atoms with van der Waals surface area (Å²) in [6.45, 7) is 0.371. The number of benzene rings is 1. The van der Waals surface area contributed by atoms with E-state index in [0.717, 1.165) is 18.2 Å². The molecule has 18 heavy (non-hydrogen) atoms. The smallest absolute Gasteiger partial charge is 0.311 e. The molecule has 2 atom stereocenters. The van der Waals surface area contributed by atoms with Gasteiger partial charge in [-0.25, -0.2) is 4.39 Å². The van der Waals surface area contributed by atoms with Gasteiger partial charge in [-0.1, -0.05) is 0 Å². The first-order chi connectivity index (χ1) is 8.61. The molecule has 1 heterocycles. The summed E-state index contributed by atoms with van der Waals surface area (Å²) in [6.07, 6.45) is -0.615. The van der Waals surface area contributed by atoms with Gasteiger partial charge < -0.3 is 9.47 Å². The predicted molar refractivity (Wildman–Crippen MR) is 57.4 cm³/mol. The Morgan fingerprint density at radius 2 is 2.33 bits per heavy atom. The summed E-state index contributed by atoms with van der Waals surface area (Å²) >= 11 is 0. The van der Waals surface area contributed by atoms with E-state index in [1.165, 1.54) is 0 Å². The van der Waals surface area contributed by atoms with Gasteiger partial charge in [-0.2, -0.15) is 5.26 Å². The van der Waals surface area contributed by atoms with Gasteiger partial charge in [0.25, 0.3) is 0 Å². The highest BCUT2D eigenvalue weighted by molar-refractivity contribution is 5.46. The molecule has 1 aromatic rings. The maximum atomic E-state index is 13.1. The summed E-state index contributed by atoms with van der Waals surface area (Å²) in [5.74, 6) is -1.33. The molecule has 0 saturated carbocycles. The van der Waals surface area contributed by atoms with E-state index in [1.807, 2.05) is 6.07 Å². The Kier molecular flexibility index (Phi) is 3.39. The maximum absolute atomic E-state index is 13.1. The Morgan fingerprint density at radius 3 is 3.00 bits per heavy atom. The lowest BCUT2D eigenvalue weighted by molar-refractivity contribution is -0.386. The zero-order valence-corrected chi connectivity index (χ0v) is 9.21. The van der Waals surface area contributed by atoms with Gasteiger partial charge in [0.2, 0.25) is 0 Å². The first-order valence-electron chi connectivity index (χ1n) is 5.20. The molecule has 1 aliphatic heterocycles. The molecule has 6 nitrogen and oxygen atoms in total. The van der Waals surface area contributed by atoms with Crippen LogP contribution >= 0.6 is 0 Å². The molecule has 0 unspecified atom stereocenters. The van der Waals surface area contributed by atoms with Gasteiger partial charge in [0.15, 0.2) is 5.75 Å². The van der Waals surface area contributed by atoms with Gasteiger partial charge in [0, 0.05) is 12.1 Å². The standard InChI is InChI=1S/C11H9FN2O4/c12-8-1-2-9(14(15)16)10(3-8)18-11-6-17-5-7(11)4-13/h1-3,7,11H,5-6H2/t7-,11-/m0/s1. The van der Waals surface area contributed by atoms with Crippen LogP contribution in [0.25, 0.3) is 0 Å². The average molecular weight is 252 g/mol. The van der Waals surface area contributed by atoms with Crippen LogP contribution in [0.3, 0.4) is 0 Å². The Balaban J connectivity index is 2.25. The van der Waals surface area contributed by atoms with Crippen LogP contribution in [-0.2, 0) is 4.74 Å².